The number of carbonyl (C=O) groups is 1. The van der Waals surface area contributed by atoms with Crippen molar-refractivity contribution in [2.45, 2.75) is 59.4 Å². The average Bonchev–Trinajstić information content (AvgIpc) is 2.77. The standard InChI is InChI=1S/C25H31N3O2/c1-5-10-23(29)27(17-6-2)18(4)24-26-22-12-9-8-11-21(22)25(30)28(24)20-15-13-19(7-3)14-16-20/h8-9,11-16,18H,5-7,10,17H2,1-4H3. The van der Waals surface area contributed by atoms with Crippen LogP contribution in [0, 0.1) is 0 Å². The zero-order valence-corrected chi connectivity index (χ0v) is 18.4. The third kappa shape index (κ3) is 4.30. The van der Waals surface area contributed by atoms with E-state index in [0.717, 1.165) is 24.9 Å². The number of fused-ring (bicyclic) bond motifs is 1. The van der Waals surface area contributed by atoms with Gasteiger partial charge >= 0.3 is 0 Å². The number of aryl methyl sites for hydroxylation is 1. The number of nitrogens with zero attached hydrogens (tertiary/aromatic N) is 3. The summed E-state index contributed by atoms with van der Waals surface area (Å²) in [5, 5.41) is 0.579. The first-order valence-electron chi connectivity index (χ1n) is 10.9. The summed E-state index contributed by atoms with van der Waals surface area (Å²) < 4.78 is 1.67. The van der Waals surface area contributed by atoms with E-state index < -0.39 is 0 Å². The monoisotopic (exact) mass is 405 g/mol. The van der Waals surface area contributed by atoms with Crippen LogP contribution >= 0.6 is 0 Å². The quantitative estimate of drug-likeness (QED) is 0.527. The molecule has 158 valence electrons. The number of carbonyl (C=O) groups excluding carboxylic acids is 1. The predicted octanol–water partition coefficient (Wildman–Crippen LogP) is 5.05. The SMILES string of the molecule is CCCC(=O)N(CCC)C(C)c1nc2ccccc2c(=O)n1-c1ccc(CC)cc1. The molecule has 5 nitrogen and oxygen atoms in total. The van der Waals surface area contributed by atoms with Gasteiger partial charge in [-0.2, -0.15) is 0 Å². The normalized spacial score (nSPS) is 12.1. The molecule has 3 aromatic rings. The minimum Gasteiger partial charge on any atom is -0.333 e. The number of rotatable bonds is 8. The molecule has 1 heterocycles. The van der Waals surface area contributed by atoms with Gasteiger partial charge < -0.3 is 4.90 Å². The molecular formula is C25H31N3O2. The van der Waals surface area contributed by atoms with Crippen molar-refractivity contribution in [3.63, 3.8) is 0 Å². The fraction of sp³-hybridized carbons (Fsp3) is 0.400. The maximum absolute atomic E-state index is 13.5. The molecule has 5 heteroatoms. The maximum Gasteiger partial charge on any atom is 0.266 e. The van der Waals surface area contributed by atoms with Crippen molar-refractivity contribution in [1.82, 2.24) is 14.5 Å². The van der Waals surface area contributed by atoms with E-state index in [1.54, 1.807) is 4.57 Å². The molecule has 0 aliphatic carbocycles. The van der Waals surface area contributed by atoms with Crippen LogP contribution in [0.4, 0.5) is 0 Å². The second-order valence-electron chi connectivity index (χ2n) is 7.66. The first kappa shape index (κ1) is 21.8. The zero-order chi connectivity index (χ0) is 21.7. The van der Waals surface area contributed by atoms with E-state index in [1.165, 1.54) is 5.56 Å². The van der Waals surface area contributed by atoms with E-state index in [-0.39, 0.29) is 17.5 Å². The highest BCUT2D eigenvalue weighted by Gasteiger charge is 2.25. The van der Waals surface area contributed by atoms with Crippen molar-refractivity contribution in [2.75, 3.05) is 6.54 Å². The van der Waals surface area contributed by atoms with Gasteiger partial charge in [0.05, 0.1) is 22.6 Å². The molecule has 0 spiro atoms. The van der Waals surface area contributed by atoms with E-state index in [0.29, 0.717) is 29.7 Å². The summed E-state index contributed by atoms with van der Waals surface area (Å²) in [4.78, 5) is 33.1. The number of hydrogen-bond donors (Lipinski definition) is 0. The minimum atomic E-state index is -0.313. The molecule has 0 saturated heterocycles. The Hall–Kier alpha value is -2.95. The van der Waals surface area contributed by atoms with Crippen LogP contribution in [0.5, 0.6) is 0 Å². The first-order chi connectivity index (χ1) is 14.5. The second-order valence-corrected chi connectivity index (χ2v) is 7.66. The molecule has 1 aromatic heterocycles. The molecular weight excluding hydrogens is 374 g/mol. The van der Waals surface area contributed by atoms with Gasteiger partial charge in [0.1, 0.15) is 5.82 Å². The Labute approximate surface area is 178 Å². The predicted molar refractivity (Wildman–Crippen MR) is 122 cm³/mol. The van der Waals surface area contributed by atoms with Gasteiger partial charge in [-0.05, 0) is 56.0 Å². The Balaban J connectivity index is 2.22. The number of aromatic nitrogens is 2. The molecule has 0 N–H and O–H groups in total. The number of benzene rings is 2. The van der Waals surface area contributed by atoms with Crippen molar-refractivity contribution in [3.05, 3.63) is 70.3 Å². The summed E-state index contributed by atoms with van der Waals surface area (Å²) >= 11 is 0. The van der Waals surface area contributed by atoms with Crippen LogP contribution in [0.25, 0.3) is 16.6 Å². The summed E-state index contributed by atoms with van der Waals surface area (Å²) in [5.41, 5.74) is 2.54. The van der Waals surface area contributed by atoms with Crippen LogP contribution in [0.15, 0.2) is 53.3 Å². The summed E-state index contributed by atoms with van der Waals surface area (Å²) in [7, 11) is 0. The minimum absolute atomic E-state index is 0.0992. The summed E-state index contributed by atoms with van der Waals surface area (Å²) in [5.74, 6) is 0.697. The van der Waals surface area contributed by atoms with Crippen LogP contribution in [0.1, 0.15) is 64.4 Å². The fourth-order valence-electron chi connectivity index (χ4n) is 3.83. The van der Waals surface area contributed by atoms with Gasteiger partial charge in [-0.1, -0.05) is 45.0 Å². The number of hydrogen-bond acceptors (Lipinski definition) is 3. The molecule has 0 saturated carbocycles. The summed E-state index contributed by atoms with van der Waals surface area (Å²) in [6, 6.07) is 15.1. The Kier molecular flexibility index (Phi) is 7.03. The van der Waals surface area contributed by atoms with Crippen molar-refractivity contribution in [1.29, 1.82) is 0 Å². The molecule has 1 unspecified atom stereocenters. The first-order valence-corrected chi connectivity index (χ1v) is 10.9. The van der Waals surface area contributed by atoms with Gasteiger partial charge in [0.25, 0.3) is 5.56 Å². The highest BCUT2D eigenvalue weighted by Crippen LogP contribution is 2.24. The van der Waals surface area contributed by atoms with Crippen LogP contribution in [0.2, 0.25) is 0 Å². The smallest absolute Gasteiger partial charge is 0.266 e. The lowest BCUT2D eigenvalue weighted by Gasteiger charge is -2.30. The Bertz CT molecular complexity index is 1070. The second kappa shape index (κ2) is 9.70. The van der Waals surface area contributed by atoms with Gasteiger partial charge in [-0.25, -0.2) is 4.98 Å². The van der Waals surface area contributed by atoms with E-state index >= 15 is 0 Å². The van der Waals surface area contributed by atoms with E-state index in [9.17, 15) is 9.59 Å². The molecule has 3 rings (SSSR count). The van der Waals surface area contributed by atoms with Gasteiger partial charge in [0.2, 0.25) is 5.91 Å². The molecule has 0 fully saturated rings. The molecule has 30 heavy (non-hydrogen) atoms. The van der Waals surface area contributed by atoms with Gasteiger partial charge in [0, 0.05) is 13.0 Å². The topological polar surface area (TPSA) is 55.2 Å². The Morgan fingerprint density at radius 2 is 1.73 bits per heavy atom. The van der Waals surface area contributed by atoms with Crippen molar-refractivity contribution in [2.24, 2.45) is 0 Å². The van der Waals surface area contributed by atoms with Gasteiger partial charge in [0.15, 0.2) is 0 Å². The van der Waals surface area contributed by atoms with Crippen LogP contribution in [-0.4, -0.2) is 26.9 Å². The zero-order valence-electron chi connectivity index (χ0n) is 18.4. The van der Waals surface area contributed by atoms with Gasteiger partial charge in [-0.15, -0.1) is 0 Å². The molecule has 2 aromatic carbocycles. The largest absolute Gasteiger partial charge is 0.333 e. The lowest BCUT2D eigenvalue weighted by atomic mass is 10.1. The maximum atomic E-state index is 13.5. The van der Waals surface area contributed by atoms with E-state index in [1.807, 2.05) is 67.3 Å². The van der Waals surface area contributed by atoms with Crippen molar-refractivity contribution in [3.8, 4) is 5.69 Å². The molecule has 0 radical (unpaired) electrons. The Morgan fingerprint density at radius 1 is 1.03 bits per heavy atom. The molecule has 0 aliphatic heterocycles. The molecule has 0 aliphatic rings. The van der Waals surface area contributed by atoms with Crippen LogP contribution < -0.4 is 5.56 Å². The average molecular weight is 406 g/mol. The summed E-state index contributed by atoms with van der Waals surface area (Å²) in [6.07, 6.45) is 3.07. The molecule has 0 bridgehead atoms. The van der Waals surface area contributed by atoms with Crippen molar-refractivity contribution < 1.29 is 4.79 Å². The fourth-order valence-corrected chi connectivity index (χ4v) is 3.83. The number of amides is 1. The number of para-hydroxylation sites is 1. The molecule has 1 atom stereocenters. The third-order valence-electron chi connectivity index (χ3n) is 5.49. The third-order valence-corrected chi connectivity index (χ3v) is 5.49. The van der Waals surface area contributed by atoms with Crippen LogP contribution in [0.3, 0.4) is 0 Å². The summed E-state index contributed by atoms with van der Waals surface area (Å²) in [6.45, 7) is 8.78. The lowest BCUT2D eigenvalue weighted by molar-refractivity contribution is -0.133. The van der Waals surface area contributed by atoms with Gasteiger partial charge in [-0.3, -0.25) is 14.2 Å². The highest BCUT2D eigenvalue weighted by molar-refractivity contribution is 5.79. The highest BCUT2D eigenvalue weighted by atomic mass is 16.2. The van der Waals surface area contributed by atoms with E-state index in [2.05, 4.69) is 13.8 Å². The Morgan fingerprint density at radius 3 is 2.37 bits per heavy atom. The molecule has 1 amide bonds. The van der Waals surface area contributed by atoms with E-state index in [4.69, 9.17) is 4.98 Å². The van der Waals surface area contributed by atoms with Crippen molar-refractivity contribution >= 4 is 16.8 Å². The van der Waals surface area contributed by atoms with Crippen LogP contribution in [-0.2, 0) is 11.2 Å². The lowest BCUT2D eigenvalue weighted by Crippen LogP contribution is -2.37.